The summed E-state index contributed by atoms with van der Waals surface area (Å²) >= 11 is 1.64. The van der Waals surface area contributed by atoms with Crippen LogP contribution in [0.3, 0.4) is 0 Å². The molecule has 2 aliphatic rings. The standard InChI is InChI=1S/C18H26N2O2S/c21-18(2-1-16-7-12-23-14-16)19-13-15-3-8-20(9-4-15)17-5-10-22-11-6-17/h1-2,7,12,14-15,17H,3-6,8-11,13H2,(H,19,21)/b2-1+. The van der Waals surface area contributed by atoms with Crippen LogP contribution in [0.4, 0.5) is 0 Å². The SMILES string of the molecule is O=C(/C=C/c1ccsc1)NCC1CCN(C2CCOCC2)CC1. The Morgan fingerprint density at radius 3 is 2.78 bits per heavy atom. The number of piperidine rings is 1. The summed E-state index contributed by atoms with van der Waals surface area (Å²) in [5.74, 6) is 0.632. The summed E-state index contributed by atoms with van der Waals surface area (Å²) in [6, 6.07) is 2.73. The van der Waals surface area contributed by atoms with E-state index in [1.54, 1.807) is 17.4 Å². The Labute approximate surface area is 142 Å². The number of hydrogen-bond donors (Lipinski definition) is 1. The Balaban J connectivity index is 1.35. The second-order valence-electron chi connectivity index (χ2n) is 6.46. The predicted octanol–water partition coefficient (Wildman–Crippen LogP) is 2.77. The smallest absolute Gasteiger partial charge is 0.244 e. The van der Waals surface area contributed by atoms with Crippen molar-refractivity contribution in [3.05, 3.63) is 28.5 Å². The number of nitrogens with zero attached hydrogens (tertiary/aromatic N) is 1. The highest BCUT2D eigenvalue weighted by molar-refractivity contribution is 7.08. The van der Waals surface area contributed by atoms with E-state index in [4.69, 9.17) is 4.74 Å². The molecule has 0 bridgehead atoms. The summed E-state index contributed by atoms with van der Waals surface area (Å²) < 4.78 is 5.45. The van der Waals surface area contributed by atoms with Gasteiger partial charge in [0, 0.05) is 31.9 Å². The number of rotatable bonds is 5. The minimum atomic E-state index is 0.0167. The number of nitrogens with one attached hydrogen (secondary N) is 1. The van der Waals surface area contributed by atoms with Gasteiger partial charge in [0.2, 0.25) is 5.91 Å². The molecule has 3 heterocycles. The largest absolute Gasteiger partial charge is 0.381 e. The zero-order valence-corrected chi connectivity index (χ0v) is 14.4. The molecular weight excluding hydrogens is 308 g/mol. The number of likely N-dealkylation sites (tertiary alicyclic amines) is 1. The first-order valence-electron chi connectivity index (χ1n) is 8.61. The maximum Gasteiger partial charge on any atom is 0.244 e. The van der Waals surface area contributed by atoms with Crippen molar-refractivity contribution in [3.63, 3.8) is 0 Å². The molecule has 1 N–H and O–H groups in total. The van der Waals surface area contributed by atoms with Crippen LogP contribution in [-0.4, -0.2) is 49.7 Å². The number of amides is 1. The zero-order valence-electron chi connectivity index (χ0n) is 13.6. The number of carbonyl (C=O) groups excluding carboxylic acids is 1. The first-order chi connectivity index (χ1) is 11.3. The van der Waals surface area contributed by atoms with Crippen molar-refractivity contribution in [1.82, 2.24) is 10.2 Å². The van der Waals surface area contributed by atoms with E-state index in [9.17, 15) is 4.79 Å². The normalized spacial score (nSPS) is 21.7. The average molecular weight is 334 g/mol. The molecule has 2 aliphatic heterocycles. The fourth-order valence-electron chi connectivity index (χ4n) is 3.42. The van der Waals surface area contributed by atoms with Crippen LogP contribution in [0.1, 0.15) is 31.2 Å². The van der Waals surface area contributed by atoms with Crippen LogP contribution in [0, 0.1) is 5.92 Å². The Bertz CT molecular complexity index is 501. The number of thiophene rings is 1. The van der Waals surface area contributed by atoms with Crippen LogP contribution < -0.4 is 5.32 Å². The molecule has 1 amide bonds. The predicted molar refractivity (Wildman–Crippen MR) is 94.5 cm³/mol. The molecule has 0 radical (unpaired) electrons. The number of hydrogen-bond acceptors (Lipinski definition) is 4. The van der Waals surface area contributed by atoms with Crippen LogP contribution in [0.5, 0.6) is 0 Å². The Morgan fingerprint density at radius 2 is 2.09 bits per heavy atom. The van der Waals surface area contributed by atoms with Crippen LogP contribution in [0.2, 0.25) is 0 Å². The molecule has 0 spiro atoms. The van der Waals surface area contributed by atoms with Gasteiger partial charge in [0.25, 0.3) is 0 Å². The molecule has 0 aliphatic carbocycles. The summed E-state index contributed by atoms with van der Waals surface area (Å²) in [7, 11) is 0. The molecule has 3 rings (SSSR count). The minimum absolute atomic E-state index is 0.0167. The van der Waals surface area contributed by atoms with Crippen molar-refractivity contribution in [1.29, 1.82) is 0 Å². The van der Waals surface area contributed by atoms with Gasteiger partial charge in [-0.3, -0.25) is 4.79 Å². The van der Waals surface area contributed by atoms with Crippen LogP contribution in [0.25, 0.3) is 6.08 Å². The summed E-state index contributed by atoms with van der Waals surface area (Å²) in [6.45, 7) is 4.95. The van der Waals surface area contributed by atoms with E-state index in [0.717, 1.165) is 38.4 Å². The van der Waals surface area contributed by atoms with E-state index >= 15 is 0 Å². The van der Waals surface area contributed by atoms with Crippen LogP contribution >= 0.6 is 11.3 Å². The lowest BCUT2D eigenvalue weighted by Gasteiger charge is -2.39. The fraction of sp³-hybridized carbons (Fsp3) is 0.611. The molecule has 1 aromatic rings. The molecule has 126 valence electrons. The first kappa shape index (κ1) is 16.7. The average Bonchev–Trinajstić information content (AvgIpc) is 3.13. The lowest BCUT2D eigenvalue weighted by atomic mass is 9.94. The zero-order chi connectivity index (χ0) is 15.9. The van der Waals surface area contributed by atoms with Gasteiger partial charge in [0.1, 0.15) is 0 Å². The van der Waals surface area contributed by atoms with Crippen LogP contribution in [-0.2, 0) is 9.53 Å². The third-order valence-corrected chi connectivity index (χ3v) is 5.59. The molecule has 23 heavy (non-hydrogen) atoms. The maximum atomic E-state index is 11.9. The van der Waals surface area contributed by atoms with E-state index < -0.39 is 0 Å². The highest BCUT2D eigenvalue weighted by atomic mass is 32.1. The Kier molecular flexibility index (Phi) is 6.25. The Hall–Kier alpha value is -1.17. The van der Waals surface area contributed by atoms with Gasteiger partial charge < -0.3 is 15.0 Å². The third-order valence-electron chi connectivity index (χ3n) is 4.89. The number of carbonyl (C=O) groups is 1. The van der Waals surface area contributed by atoms with E-state index in [0.29, 0.717) is 12.0 Å². The lowest BCUT2D eigenvalue weighted by molar-refractivity contribution is -0.116. The van der Waals surface area contributed by atoms with E-state index in [1.807, 2.05) is 22.9 Å². The molecular formula is C18H26N2O2S. The van der Waals surface area contributed by atoms with Gasteiger partial charge in [0.15, 0.2) is 0 Å². The summed E-state index contributed by atoms with van der Waals surface area (Å²) in [5, 5.41) is 7.10. The van der Waals surface area contributed by atoms with Gasteiger partial charge in [-0.25, -0.2) is 0 Å². The van der Waals surface area contributed by atoms with Gasteiger partial charge in [-0.1, -0.05) is 0 Å². The summed E-state index contributed by atoms with van der Waals surface area (Å²) in [5.41, 5.74) is 1.09. The minimum Gasteiger partial charge on any atom is -0.381 e. The van der Waals surface area contributed by atoms with Gasteiger partial charge >= 0.3 is 0 Å². The van der Waals surface area contributed by atoms with Gasteiger partial charge in [-0.15, -0.1) is 0 Å². The molecule has 0 aromatic carbocycles. The second kappa shape index (κ2) is 8.62. The first-order valence-corrected chi connectivity index (χ1v) is 9.55. The van der Waals surface area contributed by atoms with Crippen molar-refractivity contribution in [2.24, 2.45) is 5.92 Å². The van der Waals surface area contributed by atoms with Crippen LogP contribution in [0.15, 0.2) is 22.9 Å². The van der Waals surface area contributed by atoms with Gasteiger partial charge in [-0.2, -0.15) is 11.3 Å². The number of ether oxygens (including phenoxy) is 1. The summed E-state index contributed by atoms with van der Waals surface area (Å²) in [6.07, 6.45) is 8.24. The lowest BCUT2D eigenvalue weighted by Crippen LogP contribution is -2.45. The quantitative estimate of drug-likeness (QED) is 0.842. The summed E-state index contributed by atoms with van der Waals surface area (Å²) in [4.78, 5) is 14.5. The molecule has 0 saturated carbocycles. The van der Waals surface area contributed by atoms with E-state index in [2.05, 4.69) is 10.2 Å². The van der Waals surface area contributed by atoms with Crippen molar-refractivity contribution < 1.29 is 9.53 Å². The topological polar surface area (TPSA) is 41.6 Å². The third kappa shape index (κ3) is 5.16. The van der Waals surface area contributed by atoms with Crippen molar-refractivity contribution in [2.45, 2.75) is 31.7 Å². The Morgan fingerprint density at radius 1 is 1.30 bits per heavy atom. The van der Waals surface area contributed by atoms with Gasteiger partial charge in [-0.05, 0) is 73.2 Å². The highest BCUT2D eigenvalue weighted by Crippen LogP contribution is 2.22. The van der Waals surface area contributed by atoms with Crippen molar-refractivity contribution in [3.8, 4) is 0 Å². The molecule has 4 nitrogen and oxygen atoms in total. The van der Waals surface area contributed by atoms with E-state index in [1.165, 1.54) is 25.7 Å². The second-order valence-corrected chi connectivity index (χ2v) is 7.24. The fourth-order valence-corrected chi connectivity index (χ4v) is 4.05. The van der Waals surface area contributed by atoms with Crippen molar-refractivity contribution in [2.75, 3.05) is 32.8 Å². The van der Waals surface area contributed by atoms with Crippen molar-refractivity contribution >= 4 is 23.3 Å². The monoisotopic (exact) mass is 334 g/mol. The van der Waals surface area contributed by atoms with Gasteiger partial charge in [0.05, 0.1) is 0 Å². The molecule has 0 atom stereocenters. The molecule has 5 heteroatoms. The molecule has 1 aromatic heterocycles. The highest BCUT2D eigenvalue weighted by Gasteiger charge is 2.26. The molecule has 2 saturated heterocycles. The molecule has 0 unspecified atom stereocenters. The molecule has 2 fully saturated rings. The van der Waals surface area contributed by atoms with E-state index in [-0.39, 0.29) is 5.91 Å². The maximum absolute atomic E-state index is 11.9.